The average molecular weight is 338 g/mol. The number of benzene rings is 1. The Morgan fingerprint density at radius 1 is 1.35 bits per heavy atom. The smallest absolute Gasteiger partial charge is 0.182 e. The molecule has 2 rings (SSSR count). The van der Waals surface area contributed by atoms with Gasteiger partial charge < -0.3 is 5.73 Å². The molecule has 1 unspecified atom stereocenters. The van der Waals surface area contributed by atoms with Crippen molar-refractivity contribution in [2.75, 3.05) is 5.73 Å². The van der Waals surface area contributed by atoms with Crippen LogP contribution < -0.4 is 5.73 Å². The van der Waals surface area contributed by atoms with Crippen molar-refractivity contribution in [1.29, 1.82) is 0 Å². The first-order chi connectivity index (χ1) is 9.29. The molecule has 0 aliphatic heterocycles. The van der Waals surface area contributed by atoms with E-state index in [1.54, 1.807) is 0 Å². The molecule has 1 aromatic heterocycles. The predicted molar refractivity (Wildman–Crippen MR) is 84.0 cm³/mol. The van der Waals surface area contributed by atoms with E-state index in [9.17, 15) is 0 Å². The first-order valence-corrected chi connectivity index (χ1v) is 7.40. The van der Waals surface area contributed by atoms with Crippen LogP contribution >= 0.6 is 15.9 Å². The Balaban J connectivity index is 2.31. The van der Waals surface area contributed by atoms with E-state index in [1.165, 1.54) is 0 Å². The second-order valence-corrected chi connectivity index (χ2v) is 7.04. The van der Waals surface area contributed by atoms with Gasteiger partial charge >= 0.3 is 0 Å². The third-order valence-electron chi connectivity index (χ3n) is 3.71. The molecule has 0 saturated carbocycles. The van der Waals surface area contributed by atoms with E-state index in [2.05, 4.69) is 59.2 Å². The monoisotopic (exact) mass is 337 g/mol. The zero-order valence-electron chi connectivity index (χ0n) is 12.3. The van der Waals surface area contributed by atoms with E-state index in [-0.39, 0.29) is 5.41 Å². The minimum atomic E-state index is 0.210. The Labute approximate surface area is 127 Å². The van der Waals surface area contributed by atoms with Crippen molar-refractivity contribution in [2.24, 2.45) is 11.3 Å². The van der Waals surface area contributed by atoms with Crippen LogP contribution in [0.25, 0.3) is 11.4 Å². The maximum atomic E-state index is 5.92. The lowest BCUT2D eigenvalue weighted by molar-refractivity contribution is 0.225. The molecule has 0 fully saturated rings. The number of anilines is 1. The summed E-state index contributed by atoms with van der Waals surface area (Å²) in [5.41, 5.74) is 7.74. The Morgan fingerprint density at radius 2 is 2.05 bits per heavy atom. The summed E-state index contributed by atoms with van der Waals surface area (Å²) < 4.78 is 2.72. The number of nitrogen functional groups attached to an aromatic ring is 1. The van der Waals surface area contributed by atoms with E-state index < -0.39 is 0 Å². The topological polar surface area (TPSA) is 69.6 Å². The highest BCUT2D eigenvalue weighted by Crippen LogP contribution is 2.29. The van der Waals surface area contributed by atoms with Crippen molar-refractivity contribution in [2.45, 2.75) is 34.2 Å². The van der Waals surface area contributed by atoms with Crippen LogP contribution in [0.3, 0.4) is 0 Å². The Hall–Kier alpha value is -1.43. The van der Waals surface area contributed by atoms with Crippen LogP contribution in [0.1, 0.15) is 27.7 Å². The molecule has 1 atom stereocenters. The summed E-state index contributed by atoms with van der Waals surface area (Å²) in [4.78, 5) is 0. The fourth-order valence-electron chi connectivity index (χ4n) is 1.75. The van der Waals surface area contributed by atoms with Crippen molar-refractivity contribution < 1.29 is 0 Å². The third-order valence-corrected chi connectivity index (χ3v) is 4.43. The second-order valence-electron chi connectivity index (χ2n) is 6.19. The van der Waals surface area contributed by atoms with Gasteiger partial charge in [-0.2, -0.15) is 0 Å². The number of hydrogen-bond acceptors (Lipinski definition) is 4. The molecule has 1 heterocycles. The van der Waals surface area contributed by atoms with Gasteiger partial charge in [0.25, 0.3) is 0 Å². The summed E-state index contributed by atoms with van der Waals surface area (Å²) in [6.07, 6.45) is 0. The van der Waals surface area contributed by atoms with Gasteiger partial charge in [-0.05, 0) is 55.9 Å². The van der Waals surface area contributed by atoms with Crippen molar-refractivity contribution in [3.05, 3.63) is 22.7 Å². The Kier molecular flexibility index (Phi) is 4.13. The molecule has 1 aromatic carbocycles. The lowest BCUT2D eigenvalue weighted by Crippen LogP contribution is -2.23. The van der Waals surface area contributed by atoms with Gasteiger partial charge in [-0.1, -0.05) is 27.7 Å². The highest BCUT2D eigenvalue weighted by atomic mass is 79.9. The van der Waals surface area contributed by atoms with Gasteiger partial charge in [-0.25, -0.2) is 4.68 Å². The van der Waals surface area contributed by atoms with E-state index in [1.807, 2.05) is 22.9 Å². The molecule has 0 saturated heterocycles. The van der Waals surface area contributed by atoms with E-state index in [4.69, 9.17) is 5.73 Å². The Bertz CT molecular complexity index is 600. The van der Waals surface area contributed by atoms with Crippen molar-refractivity contribution >= 4 is 21.6 Å². The first kappa shape index (κ1) is 15.0. The van der Waals surface area contributed by atoms with Crippen molar-refractivity contribution in [3.8, 4) is 11.4 Å². The molecular formula is C14H20BrN5. The molecule has 0 radical (unpaired) electrons. The lowest BCUT2D eigenvalue weighted by atomic mass is 9.82. The molecule has 108 valence electrons. The highest BCUT2D eigenvalue weighted by Gasteiger charge is 2.22. The SMILES string of the molecule is CC(Cn1nnnc1-c1ccc(Br)c(N)c1)C(C)(C)C. The van der Waals surface area contributed by atoms with Crippen LogP contribution in [0.4, 0.5) is 5.69 Å². The average Bonchev–Trinajstić information content (AvgIpc) is 2.79. The van der Waals surface area contributed by atoms with Gasteiger partial charge in [0.15, 0.2) is 5.82 Å². The number of aromatic nitrogens is 4. The van der Waals surface area contributed by atoms with Gasteiger partial charge in [0.1, 0.15) is 0 Å². The number of nitrogens with two attached hydrogens (primary N) is 1. The summed E-state index contributed by atoms with van der Waals surface area (Å²) in [5.74, 6) is 1.21. The standard InChI is InChI=1S/C14H20BrN5/c1-9(14(2,3)4)8-20-13(17-18-19-20)10-5-6-11(15)12(16)7-10/h5-7,9H,8,16H2,1-4H3. The quantitative estimate of drug-likeness (QED) is 0.871. The molecule has 20 heavy (non-hydrogen) atoms. The van der Waals surface area contributed by atoms with Crippen LogP contribution in [0, 0.1) is 11.3 Å². The number of hydrogen-bond donors (Lipinski definition) is 1. The molecule has 0 aliphatic rings. The van der Waals surface area contributed by atoms with Crippen LogP contribution in [0.2, 0.25) is 0 Å². The normalized spacial score (nSPS) is 13.4. The van der Waals surface area contributed by atoms with Crippen LogP contribution in [0.15, 0.2) is 22.7 Å². The molecule has 2 N–H and O–H groups in total. The zero-order valence-corrected chi connectivity index (χ0v) is 13.8. The molecule has 5 nitrogen and oxygen atoms in total. The van der Waals surface area contributed by atoms with Crippen molar-refractivity contribution in [3.63, 3.8) is 0 Å². The summed E-state index contributed by atoms with van der Waals surface area (Å²) in [7, 11) is 0. The fourth-order valence-corrected chi connectivity index (χ4v) is 2.00. The summed E-state index contributed by atoms with van der Waals surface area (Å²) in [6.45, 7) is 9.65. The minimum absolute atomic E-state index is 0.210. The molecular weight excluding hydrogens is 318 g/mol. The number of halogens is 1. The number of rotatable bonds is 3. The largest absolute Gasteiger partial charge is 0.398 e. The Morgan fingerprint density at radius 3 is 2.65 bits per heavy atom. The molecule has 2 aromatic rings. The zero-order chi connectivity index (χ0) is 14.9. The fraction of sp³-hybridized carbons (Fsp3) is 0.500. The summed E-state index contributed by atoms with van der Waals surface area (Å²) >= 11 is 3.39. The molecule has 0 aliphatic carbocycles. The van der Waals surface area contributed by atoms with E-state index >= 15 is 0 Å². The third kappa shape index (κ3) is 3.17. The lowest BCUT2D eigenvalue weighted by Gasteiger charge is -2.27. The minimum Gasteiger partial charge on any atom is -0.398 e. The number of tetrazole rings is 1. The molecule has 0 bridgehead atoms. The van der Waals surface area contributed by atoms with Gasteiger partial charge in [0.05, 0.1) is 0 Å². The molecule has 0 spiro atoms. The van der Waals surface area contributed by atoms with Gasteiger partial charge in [0.2, 0.25) is 0 Å². The molecule has 0 amide bonds. The van der Waals surface area contributed by atoms with Gasteiger partial charge in [-0.3, -0.25) is 0 Å². The summed E-state index contributed by atoms with van der Waals surface area (Å²) in [5, 5.41) is 12.0. The predicted octanol–water partition coefficient (Wildman–Crippen LogP) is 3.37. The highest BCUT2D eigenvalue weighted by molar-refractivity contribution is 9.10. The van der Waals surface area contributed by atoms with Crippen LogP contribution in [0.5, 0.6) is 0 Å². The van der Waals surface area contributed by atoms with E-state index in [0.717, 1.165) is 22.4 Å². The maximum Gasteiger partial charge on any atom is 0.182 e. The first-order valence-electron chi connectivity index (χ1n) is 6.60. The second kappa shape index (κ2) is 5.52. The van der Waals surface area contributed by atoms with Gasteiger partial charge in [-0.15, -0.1) is 5.10 Å². The molecule has 6 heteroatoms. The van der Waals surface area contributed by atoms with Crippen LogP contribution in [-0.2, 0) is 6.54 Å². The van der Waals surface area contributed by atoms with Crippen molar-refractivity contribution in [1.82, 2.24) is 20.2 Å². The summed E-state index contributed by atoms with van der Waals surface area (Å²) in [6, 6.07) is 5.76. The van der Waals surface area contributed by atoms with Crippen LogP contribution in [-0.4, -0.2) is 20.2 Å². The maximum absolute atomic E-state index is 5.92. The number of nitrogens with zero attached hydrogens (tertiary/aromatic N) is 4. The van der Waals surface area contributed by atoms with E-state index in [0.29, 0.717) is 11.6 Å². The van der Waals surface area contributed by atoms with Gasteiger partial charge in [0, 0.05) is 22.3 Å².